The van der Waals surface area contributed by atoms with E-state index in [0.29, 0.717) is 5.56 Å². The third kappa shape index (κ3) is 3.10. The number of halogens is 3. The second-order valence-electron chi connectivity index (χ2n) is 4.70. The van der Waals surface area contributed by atoms with Crippen molar-refractivity contribution in [2.75, 3.05) is 7.11 Å². The molecule has 1 atom stereocenters. The van der Waals surface area contributed by atoms with Crippen molar-refractivity contribution in [2.24, 2.45) is 0 Å². The summed E-state index contributed by atoms with van der Waals surface area (Å²) in [6, 6.07) is 4.33. The van der Waals surface area contributed by atoms with Crippen molar-refractivity contribution in [2.45, 2.75) is 32.0 Å². The van der Waals surface area contributed by atoms with Gasteiger partial charge >= 0.3 is 6.18 Å². The molecule has 2 nitrogen and oxygen atoms in total. The number of hydrogen-bond donors (Lipinski definition) is 1. The van der Waals surface area contributed by atoms with Crippen LogP contribution in [0, 0.1) is 6.92 Å². The summed E-state index contributed by atoms with van der Waals surface area (Å²) >= 11 is 0. The lowest BCUT2D eigenvalue weighted by atomic mass is 9.85. The van der Waals surface area contributed by atoms with Gasteiger partial charge in [-0.1, -0.05) is 17.2 Å². The Morgan fingerprint density at radius 1 is 1.37 bits per heavy atom. The van der Waals surface area contributed by atoms with Crippen LogP contribution in [0.25, 0.3) is 0 Å². The average Bonchev–Trinajstić information content (AvgIpc) is 2.26. The molecule has 0 fully saturated rings. The monoisotopic (exact) mass is 274 g/mol. The first kappa shape index (κ1) is 15.6. The summed E-state index contributed by atoms with van der Waals surface area (Å²) in [5, 5.41) is 10.2. The third-order valence-corrected chi connectivity index (χ3v) is 2.83. The van der Waals surface area contributed by atoms with E-state index < -0.39 is 18.2 Å². The first-order valence-corrected chi connectivity index (χ1v) is 5.70. The Labute approximate surface area is 110 Å². The smallest absolute Gasteiger partial charge is 0.421 e. The van der Waals surface area contributed by atoms with E-state index in [1.54, 1.807) is 13.0 Å². The standard InChI is InChI=1S/C14H17F3O2/c1-9(2)8-13(18,14(15,16)17)11-7-10(3)5-6-12(11)19-4/h5-7,18H,1,8H2,2-4H3. The lowest BCUT2D eigenvalue weighted by molar-refractivity contribution is -0.266. The molecule has 1 N–H and O–H groups in total. The Hall–Kier alpha value is -1.49. The van der Waals surface area contributed by atoms with E-state index >= 15 is 0 Å². The number of aryl methyl sites for hydroxylation is 1. The maximum atomic E-state index is 13.3. The molecule has 0 aliphatic heterocycles. The van der Waals surface area contributed by atoms with Crippen molar-refractivity contribution >= 4 is 0 Å². The molecule has 0 bridgehead atoms. The minimum atomic E-state index is -4.81. The summed E-state index contributed by atoms with van der Waals surface area (Å²) < 4.78 is 44.7. The summed E-state index contributed by atoms with van der Waals surface area (Å²) in [5.74, 6) is 0.00618. The van der Waals surface area contributed by atoms with E-state index in [9.17, 15) is 18.3 Å². The van der Waals surface area contributed by atoms with Gasteiger partial charge in [0.05, 0.1) is 7.11 Å². The van der Waals surface area contributed by atoms with Crippen LogP contribution in [0.2, 0.25) is 0 Å². The molecule has 1 aromatic carbocycles. The van der Waals surface area contributed by atoms with Crippen LogP contribution in [0.3, 0.4) is 0 Å². The summed E-state index contributed by atoms with van der Waals surface area (Å²) in [6.07, 6.45) is -5.41. The Kier molecular flexibility index (Phi) is 4.30. The highest BCUT2D eigenvalue weighted by atomic mass is 19.4. The van der Waals surface area contributed by atoms with Gasteiger partial charge in [0.15, 0.2) is 5.60 Å². The van der Waals surface area contributed by atoms with Crippen LogP contribution in [-0.4, -0.2) is 18.4 Å². The number of rotatable bonds is 4. The SMILES string of the molecule is C=C(C)CC(O)(c1cc(C)ccc1OC)C(F)(F)F. The van der Waals surface area contributed by atoms with Gasteiger partial charge in [0.25, 0.3) is 0 Å². The van der Waals surface area contributed by atoms with E-state index in [4.69, 9.17) is 4.74 Å². The Balaban J connectivity index is 3.49. The van der Waals surface area contributed by atoms with Gasteiger partial charge in [0.2, 0.25) is 0 Å². The molecule has 1 aromatic rings. The van der Waals surface area contributed by atoms with E-state index in [1.165, 1.54) is 26.2 Å². The molecule has 0 aliphatic rings. The van der Waals surface area contributed by atoms with Crippen LogP contribution in [0.4, 0.5) is 13.2 Å². The second kappa shape index (κ2) is 5.25. The maximum Gasteiger partial charge on any atom is 0.421 e. The molecule has 0 spiro atoms. The molecular weight excluding hydrogens is 257 g/mol. The molecule has 19 heavy (non-hydrogen) atoms. The highest BCUT2D eigenvalue weighted by Crippen LogP contribution is 2.46. The Bertz CT molecular complexity index is 480. The van der Waals surface area contributed by atoms with Crippen molar-refractivity contribution in [3.8, 4) is 5.75 Å². The third-order valence-electron chi connectivity index (χ3n) is 2.83. The molecule has 1 unspecified atom stereocenters. The fraction of sp³-hybridized carbons (Fsp3) is 0.429. The largest absolute Gasteiger partial charge is 0.496 e. The number of benzene rings is 1. The van der Waals surface area contributed by atoms with Gasteiger partial charge in [-0.15, -0.1) is 6.58 Å². The van der Waals surface area contributed by atoms with Crippen LogP contribution >= 0.6 is 0 Å². The minimum absolute atomic E-state index is 0.00618. The predicted octanol–water partition coefficient (Wildman–Crippen LogP) is 3.72. The first-order chi connectivity index (χ1) is 8.61. The zero-order chi connectivity index (χ0) is 14.8. The van der Waals surface area contributed by atoms with Gasteiger partial charge < -0.3 is 9.84 Å². The molecule has 0 amide bonds. The molecular formula is C14H17F3O2. The van der Waals surface area contributed by atoms with Gasteiger partial charge in [0.1, 0.15) is 5.75 Å². The number of aliphatic hydroxyl groups is 1. The molecule has 5 heteroatoms. The number of hydrogen-bond acceptors (Lipinski definition) is 2. The van der Waals surface area contributed by atoms with E-state index in [-0.39, 0.29) is 16.9 Å². The van der Waals surface area contributed by atoms with Gasteiger partial charge in [0, 0.05) is 12.0 Å². The number of ether oxygens (including phenoxy) is 1. The van der Waals surface area contributed by atoms with Crippen LogP contribution < -0.4 is 4.74 Å². The maximum absolute atomic E-state index is 13.3. The van der Waals surface area contributed by atoms with Crippen molar-refractivity contribution in [3.63, 3.8) is 0 Å². The van der Waals surface area contributed by atoms with Gasteiger partial charge in [-0.3, -0.25) is 0 Å². The van der Waals surface area contributed by atoms with Crippen molar-refractivity contribution in [1.29, 1.82) is 0 Å². The molecule has 1 rings (SSSR count). The van der Waals surface area contributed by atoms with Crippen LogP contribution in [0.1, 0.15) is 24.5 Å². The lowest BCUT2D eigenvalue weighted by Gasteiger charge is -2.32. The van der Waals surface area contributed by atoms with Crippen LogP contribution in [0.15, 0.2) is 30.4 Å². The minimum Gasteiger partial charge on any atom is -0.496 e. The van der Waals surface area contributed by atoms with Gasteiger partial charge in [-0.2, -0.15) is 13.2 Å². The molecule has 0 aromatic heterocycles. The van der Waals surface area contributed by atoms with Crippen molar-refractivity contribution in [3.05, 3.63) is 41.5 Å². The summed E-state index contributed by atoms with van der Waals surface area (Å²) in [6.45, 7) is 6.55. The summed E-state index contributed by atoms with van der Waals surface area (Å²) in [5.41, 5.74) is -2.43. The average molecular weight is 274 g/mol. The highest BCUT2D eigenvalue weighted by molar-refractivity contribution is 5.42. The molecule has 106 valence electrons. The Morgan fingerprint density at radius 3 is 2.37 bits per heavy atom. The fourth-order valence-electron chi connectivity index (χ4n) is 1.93. The summed E-state index contributed by atoms with van der Waals surface area (Å²) in [4.78, 5) is 0. The normalized spacial score (nSPS) is 14.9. The zero-order valence-corrected chi connectivity index (χ0v) is 11.1. The molecule has 0 saturated heterocycles. The van der Waals surface area contributed by atoms with E-state index in [0.717, 1.165) is 0 Å². The number of alkyl halides is 3. The predicted molar refractivity (Wildman–Crippen MR) is 67.1 cm³/mol. The zero-order valence-electron chi connectivity index (χ0n) is 11.1. The van der Waals surface area contributed by atoms with Gasteiger partial charge in [-0.05, 0) is 26.0 Å². The molecule has 0 saturated carbocycles. The van der Waals surface area contributed by atoms with E-state index in [2.05, 4.69) is 6.58 Å². The first-order valence-electron chi connectivity index (χ1n) is 5.70. The number of methoxy groups -OCH3 is 1. The fourth-order valence-corrected chi connectivity index (χ4v) is 1.93. The topological polar surface area (TPSA) is 29.5 Å². The second-order valence-corrected chi connectivity index (χ2v) is 4.70. The molecule has 0 heterocycles. The van der Waals surface area contributed by atoms with Crippen molar-refractivity contribution in [1.82, 2.24) is 0 Å². The van der Waals surface area contributed by atoms with Crippen LogP contribution in [-0.2, 0) is 5.60 Å². The quantitative estimate of drug-likeness (QED) is 0.848. The molecule has 0 aliphatic carbocycles. The summed E-state index contributed by atoms with van der Waals surface area (Å²) in [7, 11) is 1.27. The van der Waals surface area contributed by atoms with Gasteiger partial charge in [-0.25, -0.2) is 0 Å². The molecule has 0 radical (unpaired) electrons. The van der Waals surface area contributed by atoms with E-state index in [1.807, 2.05) is 0 Å². The highest BCUT2D eigenvalue weighted by Gasteiger charge is 2.56. The Morgan fingerprint density at radius 2 is 1.95 bits per heavy atom. The lowest BCUT2D eigenvalue weighted by Crippen LogP contribution is -2.42. The van der Waals surface area contributed by atoms with Crippen LogP contribution in [0.5, 0.6) is 5.75 Å². The van der Waals surface area contributed by atoms with Crippen molar-refractivity contribution < 1.29 is 23.0 Å².